The number of nitrogens with one attached hydrogen (secondary N) is 2. The van der Waals surface area contributed by atoms with Crippen molar-refractivity contribution in [3.05, 3.63) is 75.1 Å². The van der Waals surface area contributed by atoms with Gasteiger partial charge in [0.25, 0.3) is 0 Å². The van der Waals surface area contributed by atoms with Gasteiger partial charge in [0.05, 0.1) is 48.7 Å². The molecular formula is C41H63N9O6S. The molecule has 10 atom stereocenters. The van der Waals surface area contributed by atoms with Crippen LogP contribution < -0.4 is 10.6 Å². The third-order valence-corrected chi connectivity index (χ3v) is 12.0. The number of hydrogen-bond acceptors (Lipinski definition) is 10. The lowest BCUT2D eigenvalue weighted by Gasteiger charge is -2.41. The summed E-state index contributed by atoms with van der Waals surface area (Å²) in [5, 5.41) is 12.5. The number of methoxy groups -OCH3 is 2. The van der Waals surface area contributed by atoms with Crippen molar-refractivity contribution in [3.8, 4) is 0 Å². The molecule has 0 saturated carbocycles. The van der Waals surface area contributed by atoms with Crippen molar-refractivity contribution in [1.82, 2.24) is 30.3 Å². The fraction of sp³-hybridized carbons (Fsp3) is 0.634. The Balaban J connectivity index is 1.83. The van der Waals surface area contributed by atoms with Crippen molar-refractivity contribution in [2.45, 2.75) is 115 Å². The Morgan fingerprint density at radius 2 is 1.77 bits per heavy atom. The van der Waals surface area contributed by atoms with E-state index in [1.54, 1.807) is 58.1 Å². The second-order valence-corrected chi connectivity index (χ2v) is 16.3. The monoisotopic (exact) mass is 809 g/mol. The van der Waals surface area contributed by atoms with Crippen molar-refractivity contribution in [2.75, 3.05) is 41.9 Å². The second kappa shape index (κ2) is 22.6. The highest BCUT2D eigenvalue weighted by molar-refractivity contribution is 7.09. The van der Waals surface area contributed by atoms with Crippen molar-refractivity contribution in [1.29, 1.82) is 0 Å². The van der Waals surface area contributed by atoms with Gasteiger partial charge in [0.2, 0.25) is 23.6 Å². The van der Waals surface area contributed by atoms with E-state index in [1.165, 1.54) is 23.3 Å². The average molecular weight is 810 g/mol. The van der Waals surface area contributed by atoms with Crippen LogP contribution in [0, 0.1) is 11.8 Å². The lowest BCUT2D eigenvalue weighted by atomic mass is 9.89. The number of likely N-dealkylation sites (tertiary alicyclic amines) is 1. The molecule has 2 heterocycles. The van der Waals surface area contributed by atoms with Crippen LogP contribution in [0.4, 0.5) is 0 Å². The van der Waals surface area contributed by atoms with E-state index in [1.807, 2.05) is 56.5 Å². The summed E-state index contributed by atoms with van der Waals surface area (Å²) >= 11 is 1.49. The molecule has 0 bridgehead atoms. The second-order valence-electron chi connectivity index (χ2n) is 15.4. The number of aromatic nitrogens is 1. The Hall–Kier alpha value is -4.34. The van der Waals surface area contributed by atoms with Gasteiger partial charge < -0.3 is 29.9 Å². The number of carbonyl (C=O) groups is 4. The lowest BCUT2D eigenvalue weighted by molar-refractivity contribution is -0.147. The predicted octanol–water partition coefficient (Wildman–Crippen LogP) is 5.15. The van der Waals surface area contributed by atoms with Crippen LogP contribution in [-0.4, -0.2) is 128 Å². The molecule has 15 nitrogen and oxygen atoms in total. The lowest BCUT2D eigenvalue weighted by Crippen LogP contribution is -2.60. The Labute approximate surface area is 342 Å². The van der Waals surface area contributed by atoms with Gasteiger partial charge in [-0.3, -0.25) is 24.1 Å². The summed E-state index contributed by atoms with van der Waals surface area (Å²) in [5.74, 6) is -2.03. The maximum Gasteiger partial charge on any atom is 0.245 e. The molecule has 0 spiro atoms. The summed E-state index contributed by atoms with van der Waals surface area (Å²) in [7, 11) is 8.18. The molecule has 2 aromatic rings. The number of nitrogens with zero attached hydrogens (tertiary/aromatic N) is 7. The van der Waals surface area contributed by atoms with Gasteiger partial charge in [0, 0.05) is 44.3 Å². The molecule has 1 aliphatic rings. The molecular weight excluding hydrogens is 747 g/mol. The van der Waals surface area contributed by atoms with E-state index < -0.39 is 54.1 Å². The van der Waals surface area contributed by atoms with E-state index in [0.717, 1.165) is 17.0 Å². The standard InChI is InChI=1S/C41H63N9O6S/c1-12-26(4)36(49(9)41(54)34(28(6)46-47-42)45-39(53)35(25(2)3)48(7)8)32(55-10)24-33(51)50-21-16-19-31(50)37(56-11)27(5)38(52)44-30(40-43-20-22-57-40)23-29-17-14-13-15-18-29/h13-15,17-18,20,22,26-28,30-32,34-37H,2,12,16,19,21,23-24H2,1,3-11H3,(H,44,52)(H,45,53)/t26-,27+,28?,30-,31-,32+,34-,35-,36-,37+/m0/s1. The van der Waals surface area contributed by atoms with Gasteiger partial charge in [0.15, 0.2) is 0 Å². The van der Waals surface area contributed by atoms with Gasteiger partial charge >= 0.3 is 0 Å². The summed E-state index contributed by atoms with van der Waals surface area (Å²) in [6, 6.07) is 5.82. The van der Waals surface area contributed by atoms with Crippen LogP contribution in [0.25, 0.3) is 10.4 Å². The molecule has 3 rings (SSSR count). The highest BCUT2D eigenvalue weighted by atomic mass is 32.1. The maximum absolute atomic E-state index is 14.3. The van der Waals surface area contributed by atoms with Gasteiger partial charge in [-0.1, -0.05) is 81.7 Å². The topological polar surface area (TPSA) is 182 Å². The predicted molar refractivity (Wildman–Crippen MR) is 222 cm³/mol. The summed E-state index contributed by atoms with van der Waals surface area (Å²) in [5.41, 5.74) is 10.9. The first kappa shape index (κ1) is 47.0. The van der Waals surface area contributed by atoms with E-state index in [0.29, 0.717) is 31.4 Å². The molecule has 57 heavy (non-hydrogen) atoms. The third kappa shape index (κ3) is 12.3. The van der Waals surface area contributed by atoms with Crippen molar-refractivity contribution < 1.29 is 28.7 Å². The smallest absolute Gasteiger partial charge is 0.245 e. The van der Waals surface area contributed by atoms with E-state index >= 15 is 0 Å². The molecule has 4 amide bonds. The minimum atomic E-state index is -1.19. The summed E-state index contributed by atoms with van der Waals surface area (Å²) < 4.78 is 12.0. The zero-order valence-corrected chi connectivity index (χ0v) is 36.1. The Morgan fingerprint density at radius 1 is 1.09 bits per heavy atom. The third-order valence-electron chi connectivity index (χ3n) is 11.1. The number of likely N-dealkylation sites (N-methyl/N-ethyl adjacent to an activating group) is 2. The molecule has 1 unspecified atom stereocenters. The number of carbonyl (C=O) groups excluding carboxylic acids is 4. The molecule has 1 aromatic carbocycles. The average Bonchev–Trinajstić information content (AvgIpc) is 3.90. The summed E-state index contributed by atoms with van der Waals surface area (Å²) in [6.45, 7) is 13.5. The van der Waals surface area contributed by atoms with Crippen LogP contribution in [0.15, 0.2) is 59.2 Å². The summed E-state index contributed by atoms with van der Waals surface area (Å²) in [6.07, 6.45) is 3.01. The maximum atomic E-state index is 14.3. The van der Waals surface area contributed by atoms with Gasteiger partial charge in [0.1, 0.15) is 17.1 Å². The van der Waals surface area contributed by atoms with Gasteiger partial charge in [-0.05, 0) is 57.3 Å². The van der Waals surface area contributed by atoms with E-state index in [2.05, 4.69) is 32.2 Å². The van der Waals surface area contributed by atoms with Gasteiger partial charge in [-0.25, -0.2) is 4.98 Å². The molecule has 1 fully saturated rings. The van der Waals surface area contributed by atoms with Crippen LogP contribution in [0.2, 0.25) is 0 Å². The first-order chi connectivity index (χ1) is 27.1. The zero-order valence-electron chi connectivity index (χ0n) is 35.3. The minimum absolute atomic E-state index is 0.0406. The van der Waals surface area contributed by atoms with Crippen molar-refractivity contribution in [3.63, 3.8) is 0 Å². The quantitative estimate of drug-likeness (QED) is 0.0709. The Kier molecular flexibility index (Phi) is 18.6. The number of hydrogen-bond donors (Lipinski definition) is 2. The molecule has 0 radical (unpaired) electrons. The number of ether oxygens (including phenoxy) is 2. The van der Waals surface area contributed by atoms with E-state index in [9.17, 15) is 24.7 Å². The highest BCUT2D eigenvalue weighted by Gasteiger charge is 2.43. The van der Waals surface area contributed by atoms with Crippen LogP contribution in [0.1, 0.15) is 76.9 Å². The number of azide groups is 1. The molecule has 1 aliphatic heterocycles. The van der Waals surface area contributed by atoms with E-state index in [-0.39, 0.29) is 36.2 Å². The number of amides is 4. The molecule has 2 N–H and O–H groups in total. The van der Waals surface area contributed by atoms with Crippen molar-refractivity contribution >= 4 is 35.0 Å². The van der Waals surface area contributed by atoms with Crippen LogP contribution in [-0.2, 0) is 35.1 Å². The van der Waals surface area contributed by atoms with E-state index in [4.69, 9.17) is 9.47 Å². The largest absolute Gasteiger partial charge is 0.379 e. The fourth-order valence-corrected chi connectivity index (χ4v) is 8.64. The fourth-order valence-electron chi connectivity index (χ4n) is 7.95. The molecule has 16 heteroatoms. The number of benzene rings is 1. The Morgan fingerprint density at radius 3 is 2.32 bits per heavy atom. The number of rotatable bonds is 22. The molecule has 1 aromatic heterocycles. The van der Waals surface area contributed by atoms with Crippen LogP contribution in [0.3, 0.4) is 0 Å². The number of thiazole rings is 1. The summed E-state index contributed by atoms with van der Waals surface area (Å²) in [4.78, 5) is 68.4. The molecule has 314 valence electrons. The minimum Gasteiger partial charge on any atom is -0.379 e. The first-order valence-electron chi connectivity index (χ1n) is 19.6. The van der Waals surface area contributed by atoms with Crippen LogP contribution >= 0.6 is 11.3 Å². The molecule has 0 aliphatic carbocycles. The van der Waals surface area contributed by atoms with Crippen LogP contribution in [0.5, 0.6) is 0 Å². The normalized spacial score (nSPS) is 18.9. The highest BCUT2D eigenvalue weighted by Crippen LogP contribution is 2.30. The van der Waals surface area contributed by atoms with Crippen molar-refractivity contribution in [2.24, 2.45) is 17.0 Å². The SMILES string of the molecule is C=C(C)[C@@H](C(=O)N[C@H](C(=O)N(C)[C@@H]([C@@H](C)CC)[C@@H](CC(=O)N1CCC[C@H]1[C@H](OC)[C@@H](C)C(=O)N[C@@H](Cc1ccccc1)c1nccs1)OC)C(C)N=[N+]=[N-])N(C)C. The zero-order chi connectivity index (χ0) is 42.4. The van der Waals surface area contributed by atoms with Gasteiger partial charge in [-0.2, -0.15) is 0 Å². The molecule has 1 saturated heterocycles. The first-order valence-corrected chi connectivity index (χ1v) is 20.5. The van der Waals surface area contributed by atoms with Gasteiger partial charge in [-0.15, -0.1) is 11.3 Å². The Bertz CT molecular complexity index is 1670.